The first-order chi connectivity index (χ1) is 12.3. The Morgan fingerprint density at radius 3 is 2.58 bits per heavy atom. The molecule has 1 N–H and O–H groups in total. The third-order valence-corrected chi connectivity index (χ3v) is 4.99. The van der Waals surface area contributed by atoms with Crippen molar-refractivity contribution in [1.82, 2.24) is 0 Å². The van der Waals surface area contributed by atoms with Crippen LogP contribution in [0.15, 0.2) is 42.5 Å². The van der Waals surface area contributed by atoms with Crippen molar-refractivity contribution < 1.29 is 14.4 Å². The average molecular weight is 391 g/mol. The molecular formula is C19H16Cl2N2O3. The summed E-state index contributed by atoms with van der Waals surface area (Å²) in [5.41, 5.74) is 1.66. The van der Waals surface area contributed by atoms with Crippen molar-refractivity contribution in [1.29, 1.82) is 0 Å². The first-order valence-electron chi connectivity index (χ1n) is 8.02. The van der Waals surface area contributed by atoms with Crippen molar-refractivity contribution >= 4 is 52.2 Å². The zero-order chi connectivity index (χ0) is 18.8. The molecule has 1 aliphatic heterocycles. The SMILES string of the molecule is CC(=O)c1cccc(NC(=O)[C@H]2CC(=O)N(c3ccc(Cl)c(Cl)c3)C2)c1. The number of rotatable bonds is 4. The van der Waals surface area contributed by atoms with Crippen molar-refractivity contribution in [3.8, 4) is 0 Å². The molecule has 0 unspecified atom stereocenters. The summed E-state index contributed by atoms with van der Waals surface area (Å²) >= 11 is 11.9. The molecule has 2 aromatic carbocycles. The number of hydrogen-bond acceptors (Lipinski definition) is 3. The normalized spacial score (nSPS) is 16.7. The fourth-order valence-corrected chi connectivity index (χ4v) is 3.14. The van der Waals surface area contributed by atoms with E-state index in [4.69, 9.17) is 23.2 Å². The molecular weight excluding hydrogens is 375 g/mol. The second-order valence-electron chi connectivity index (χ2n) is 6.13. The Balaban J connectivity index is 1.71. The highest BCUT2D eigenvalue weighted by atomic mass is 35.5. The molecule has 1 aliphatic rings. The first kappa shape index (κ1) is 18.4. The van der Waals surface area contributed by atoms with Crippen LogP contribution in [0.3, 0.4) is 0 Å². The van der Waals surface area contributed by atoms with Gasteiger partial charge in [-0.3, -0.25) is 14.4 Å². The summed E-state index contributed by atoms with van der Waals surface area (Å²) in [6.45, 7) is 1.72. The molecule has 0 saturated carbocycles. The maximum atomic E-state index is 12.5. The molecule has 1 fully saturated rings. The Morgan fingerprint density at radius 1 is 1.12 bits per heavy atom. The average Bonchev–Trinajstić information content (AvgIpc) is 2.99. The number of nitrogens with one attached hydrogen (secondary N) is 1. The van der Waals surface area contributed by atoms with Gasteiger partial charge in [0.1, 0.15) is 0 Å². The van der Waals surface area contributed by atoms with E-state index in [0.717, 1.165) is 0 Å². The third kappa shape index (κ3) is 3.89. The van der Waals surface area contributed by atoms with E-state index < -0.39 is 5.92 Å². The van der Waals surface area contributed by atoms with Crippen molar-refractivity contribution in [2.24, 2.45) is 5.92 Å². The second-order valence-corrected chi connectivity index (χ2v) is 6.94. The summed E-state index contributed by atoms with van der Waals surface area (Å²) in [5, 5.41) is 3.53. The standard InChI is InChI=1S/C19H16Cl2N2O3/c1-11(24)12-3-2-4-14(7-12)22-19(26)13-8-18(25)23(10-13)15-5-6-16(20)17(21)9-15/h2-7,9,13H,8,10H2,1H3,(H,22,26)/t13-/m0/s1. The van der Waals surface area contributed by atoms with Gasteiger partial charge in [-0.1, -0.05) is 35.3 Å². The maximum absolute atomic E-state index is 12.5. The monoisotopic (exact) mass is 390 g/mol. The molecule has 0 radical (unpaired) electrons. The molecule has 7 heteroatoms. The van der Waals surface area contributed by atoms with Crippen LogP contribution in [0.2, 0.25) is 10.0 Å². The molecule has 2 aromatic rings. The Morgan fingerprint density at radius 2 is 1.88 bits per heavy atom. The zero-order valence-electron chi connectivity index (χ0n) is 14.0. The van der Waals surface area contributed by atoms with E-state index in [9.17, 15) is 14.4 Å². The van der Waals surface area contributed by atoms with Gasteiger partial charge in [0.2, 0.25) is 11.8 Å². The number of halogens is 2. The topological polar surface area (TPSA) is 66.5 Å². The predicted octanol–water partition coefficient (Wildman–Crippen LogP) is 4.19. The molecule has 5 nitrogen and oxygen atoms in total. The number of hydrogen-bond donors (Lipinski definition) is 1. The molecule has 0 aliphatic carbocycles. The van der Waals surface area contributed by atoms with E-state index >= 15 is 0 Å². The van der Waals surface area contributed by atoms with Crippen LogP contribution in [-0.4, -0.2) is 24.1 Å². The van der Waals surface area contributed by atoms with Gasteiger partial charge < -0.3 is 10.2 Å². The molecule has 3 rings (SSSR count). The number of anilines is 2. The molecule has 2 amide bonds. The zero-order valence-corrected chi connectivity index (χ0v) is 15.5. The minimum absolute atomic E-state index is 0.0806. The van der Waals surface area contributed by atoms with Gasteiger partial charge in [-0.25, -0.2) is 0 Å². The quantitative estimate of drug-likeness (QED) is 0.795. The lowest BCUT2D eigenvalue weighted by Crippen LogP contribution is -2.28. The number of amides is 2. The highest BCUT2D eigenvalue weighted by Gasteiger charge is 2.35. The highest BCUT2D eigenvalue weighted by molar-refractivity contribution is 6.42. The van der Waals surface area contributed by atoms with Crippen LogP contribution in [0.5, 0.6) is 0 Å². The van der Waals surface area contributed by atoms with Crippen molar-refractivity contribution in [3.05, 3.63) is 58.1 Å². The molecule has 1 saturated heterocycles. The van der Waals surface area contributed by atoms with E-state index in [1.54, 1.807) is 42.5 Å². The maximum Gasteiger partial charge on any atom is 0.229 e. The Bertz CT molecular complexity index is 898. The number of benzene rings is 2. The van der Waals surface area contributed by atoms with Gasteiger partial charge in [0, 0.05) is 29.9 Å². The smallest absolute Gasteiger partial charge is 0.229 e. The summed E-state index contributed by atoms with van der Waals surface area (Å²) in [6, 6.07) is 11.6. The van der Waals surface area contributed by atoms with Gasteiger partial charge >= 0.3 is 0 Å². The predicted molar refractivity (Wildman–Crippen MR) is 102 cm³/mol. The molecule has 1 atom stereocenters. The van der Waals surface area contributed by atoms with Crippen molar-refractivity contribution in [2.45, 2.75) is 13.3 Å². The van der Waals surface area contributed by atoms with Crippen LogP contribution in [0.4, 0.5) is 11.4 Å². The molecule has 134 valence electrons. The molecule has 0 spiro atoms. The minimum atomic E-state index is -0.488. The number of carbonyl (C=O) groups excluding carboxylic acids is 3. The van der Waals surface area contributed by atoms with Crippen LogP contribution in [-0.2, 0) is 9.59 Å². The molecule has 0 bridgehead atoms. The van der Waals surface area contributed by atoms with E-state index in [0.29, 0.717) is 27.0 Å². The lowest BCUT2D eigenvalue weighted by molar-refractivity contribution is -0.122. The lowest BCUT2D eigenvalue weighted by atomic mass is 10.1. The first-order valence-corrected chi connectivity index (χ1v) is 8.78. The van der Waals surface area contributed by atoms with Gasteiger partial charge in [0.15, 0.2) is 5.78 Å². The van der Waals surface area contributed by atoms with Gasteiger partial charge in [0.25, 0.3) is 0 Å². The number of Topliss-reactive ketones (excluding diaryl/α,β-unsaturated/α-hetero) is 1. The summed E-state index contributed by atoms with van der Waals surface area (Å²) in [5.74, 6) is -0.983. The van der Waals surface area contributed by atoms with E-state index in [2.05, 4.69) is 5.32 Å². The summed E-state index contributed by atoms with van der Waals surface area (Å²) in [6.07, 6.45) is 0.110. The fourth-order valence-electron chi connectivity index (χ4n) is 2.85. The summed E-state index contributed by atoms with van der Waals surface area (Å²) < 4.78 is 0. The van der Waals surface area contributed by atoms with Crippen LogP contribution < -0.4 is 10.2 Å². The highest BCUT2D eigenvalue weighted by Crippen LogP contribution is 2.31. The summed E-state index contributed by atoms with van der Waals surface area (Å²) in [7, 11) is 0. The largest absolute Gasteiger partial charge is 0.326 e. The van der Waals surface area contributed by atoms with Gasteiger partial charge in [-0.15, -0.1) is 0 Å². The van der Waals surface area contributed by atoms with Gasteiger partial charge in [-0.2, -0.15) is 0 Å². The van der Waals surface area contributed by atoms with E-state index in [-0.39, 0.29) is 30.6 Å². The Hall–Kier alpha value is -2.37. The Labute approximate surface area is 160 Å². The summed E-state index contributed by atoms with van der Waals surface area (Å²) in [4.78, 5) is 37.8. The third-order valence-electron chi connectivity index (χ3n) is 4.25. The van der Waals surface area contributed by atoms with Crippen LogP contribution in [0.25, 0.3) is 0 Å². The minimum Gasteiger partial charge on any atom is -0.326 e. The van der Waals surface area contributed by atoms with Crippen LogP contribution >= 0.6 is 23.2 Å². The molecule has 26 heavy (non-hydrogen) atoms. The van der Waals surface area contributed by atoms with Gasteiger partial charge in [0.05, 0.1) is 16.0 Å². The second kappa shape index (κ2) is 7.48. The molecule has 1 heterocycles. The number of carbonyl (C=O) groups is 3. The molecule has 0 aromatic heterocycles. The van der Waals surface area contributed by atoms with Gasteiger partial charge in [-0.05, 0) is 37.3 Å². The van der Waals surface area contributed by atoms with E-state index in [1.165, 1.54) is 11.8 Å². The fraction of sp³-hybridized carbons (Fsp3) is 0.211. The van der Waals surface area contributed by atoms with Crippen molar-refractivity contribution in [2.75, 3.05) is 16.8 Å². The van der Waals surface area contributed by atoms with Crippen molar-refractivity contribution in [3.63, 3.8) is 0 Å². The van der Waals surface area contributed by atoms with Crippen LogP contribution in [0, 0.1) is 5.92 Å². The van der Waals surface area contributed by atoms with E-state index in [1.807, 2.05) is 0 Å². The number of ketones is 1. The number of nitrogens with zero attached hydrogens (tertiary/aromatic N) is 1. The lowest BCUT2D eigenvalue weighted by Gasteiger charge is -2.17. The van der Waals surface area contributed by atoms with Crippen LogP contribution in [0.1, 0.15) is 23.7 Å². The Kier molecular flexibility index (Phi) is 5.30.